The van der Waals surface area contributed by atoms with Gasteiger partial charge in [0, 0.05) is 12.7 Å². The van der Waals surface area contributed by atoms with E-state index in [1.807, 2.05) is 24.7 Å². The molecule has 120 valence electrons. The van der Waals surface area contributed by atoms with Crippen LogP contribution in [-0.2, 0) is 16.1 Å². The van der Waals surface area contributed by atoms with Crippen molar-refractivity contribution in [2.45, 2.75) is 58.5 Å². The number of aromatic nitrogens is 2. The fourth-order valence-corrected chi connectivity index (χ4v) is 2.49. The minimum atomic E-state index is -0.587. The van der Waals surface area contributed by atoms with Crippen LogP contribution in [0.4, 0.5) is 0 Å². The second kappa shape index (κ2) is 9.20. The summed E-state index contributed by atoms with van der Waals surface area (Å²) in [6.07, 6.45) is 7.44. The van der Waals surface area contributed by atoms with Gasteiger partial charge in [-0.3, -0.25) is 9.48 Å². The molecule has 0 spiro atoms. The average molecular weight is 360 g/mol. The largest absolute Gasteiger partial charge is 0.465 e. The molecule has 0 radical (unpaired) electrons. The Morgan fingerprint density at radius 3 is 2.81 bits per heavy atom. The highest BCUT2D eigenvalue weighted by Crippen LogP contribution is 2.17. The van der Waals surface area contributed by atoms with E-state index in [0.717, 1.165) is 43.2 Å². The highest BCUT2D eigenvalue weighted by Gasteiger charge is 2.33. The summed E-state index contributed by atoms with van der Waals surface area (Å²) in [7, 11) is 0. The van der Waals surface area contributed by atoms with Gasteiger partial charge >= 0.3 is 5.97 Å². The predicted octanol–water partition coefficient (Wildman–Crippen LogP) is 3.14. The standard InChI is InChI=1S/C15H26BrN3O2/c1-4-9-17-15(3,14(20)21-5-2)8-6-7-10-19-12-13(16)11-18-19/h11-12,17H,4-10H2,1-3H3. The lowest BCUT2D eigenvalue weighted by molar-refractivity contribution is -0.150. The van der Waals surface area contributed by atoms with Crippen LogP contribution in [-0.4, -0.2) is 34.4 Å². The maximum Gasteiger partial charge on any atom is 0.326 e. The topological polar surface area (TPSA) is 56.2 Å². The molecule has 5 nitrogen and oxygen atoms in total. The van der Waals surface area contributed by atoms with Crippen molar-refractivity contribution in [1.29, 1.82) is 0 Å². The summed E-state index contributed by atoms with van der Waals surface area (Å²) in [5, 5.41) is 7.56. The molecule has 0 aliphatic rings. The second-order valence-electron chi connectivity index (χ2n) is 5.36. The van der Waals surface area contributed by atoms with Crippen LogP contribution in [0, 0.1) is 0 Å². The number of aryl methyl sites for hydroxylation is 1. The first kappa shape index (κ1) is 18.2. The molecule has 0 fully saturated rings. The lowest BCUT2D eigenvalue weighted by Crippen LogP contribution is -2.50. The molecular formula is C15H26BrN3O2. The number of carbonyl (C=O) groups excluding carboxylic acids is 1. The van der Waals surface area contributed by atoms with Crippen molar-refractivity contribution in [3.05, 3.63) is 16.9 Å². The van der Waals surface area contributed by atoms with Crippen LogP contribution in [0.25, 0.3) is 0 Å². The van der Waals surface area contributed by atoms with Crippen molar-refractivity contribution in [2.24, 2.45) is 0 Å². The lowest BCUT2D eigenvalue weighted by Gasteiger charge is -2.28. The Hall–Kier alpha value is -0.880. The highest BCUT2D eigenvalue weighted by molar-refractivity contribution is 9.10. The first-order chi connectivity index (χ1) is 10.0. The smallest absolute Gasteiger partial charge is 0.326 e. The van der Waals surface area contributed by atoms with E-state index in [1.165, 1.54) is 0 Å². The van der Waals surface area contributed by atoms with Crippen LogP contribution < -0.4 is 5.32 Å². The number of halogens is 1. The van der Waals surface area contributed by atoms with Gasteiger partial charge in [-0.1, -0.05) is 6.92 Å². The number of esters is 1. The number of hydrogen-bond donors (Lipinski definition) is 1. The minimum Gasteiger partial charge on any atom is -0.465 e. The summed E-state index contributed by atoms with van der Waals surface area (Å²) in [4.78, 5) is 12.1. The molecule has 6 heteroatoms. The third-order valence-electron chi connectivity index (χ3n) is 3.41. The number of nitrogens with one attached hydrogen (secondary N) is 1. The Morgan fingerprint density at radius 1 is 1.48 bits per heavy atom. The summed E-state index contributed by atoms with van der Waals surface area (Å²) in [6, 6.07) is 0. The number of hydrogen-bond acceptors (Lipinski definition) is 4. The molecule has 1 N–H and O–H groups in total. The molecule has 0 aliphatic heterocycles. The van der Waals surface area contributed by atoms with E-state index in [-0.39, 0.29) is 5.97 Å². The highest BCUT2D eigenvalue weighted by atomic mass is 79.9. The van der Waals surface area contributed by atoms with Gasteiger partial charge in [0.05, 0.1) is 17.3 Å². The molecule has 1 heterocycles. The third kappa shape index (κ3) is 6.18. The van der Waals surface area contributed by atoms with Crippen LogP contribution in [0.2, 0.25) is 0 Å². The fourth-order valence-electron chi connectivity index (χ4n) is 2.17. The van der Waals surface area contributed by atoms with E-state index in [0.29, 0.717) is 6.61 Å². The molecule has 21 heavy (non-hydrogen) atoms. The van der Waals surface area contributed by atoms with Crippen molar-refractivity contribution in [1.82, 2.24) is 15.1 Å². The monoisotopic (exact) mass is 359 g/mol. The number of carbonyl (C=O) groups is 1. The van der Waals surface area contributed by atoms with E-state index in [2.05, 4.69) is 33.3 Å². The minimum absolute atomic E-state index is 0.153. The van der Waals surface area contributed by atoms with Crippen LogP contribution in [0.3, 0.4) is 0 Å². The number of rotatable bonds is 10. The van der Waals surface area contributed by atoms with Crippen LogP contribution in [0.5, 0.6) is 0 Å². The summed E-state index contributed by atoms with van der Waals surface area (Å²) < 4.78 is 8.09. The molecule has 0 aliphatic carbocycles. The molecule has 1 unspecified atom stereocenters. The lowest BCUT2D eigenvalue weighted by atomic mass is 9.94. The van der Waals surface area contributed by atoms with Gasteiger partial charge in [-0.05, 0) is 62.0 Å². The molecule has 0 saturated carbocycles. The van der Waals surface area contributed by atoms with Crippen molar-refractivity contribution in [3.8, 4) is 0 Å². The maximum atomic E-state index is 12.1. The molecular weight excluding hydrogens is 334 g/mol. The number of ether oxygens (including phenoxy) is 1. The van der Waals surface area contributed by atoms with Gasteiger partial charge in [0.2, 0.25) is 0 Å². The van der Waals surface area contributed by atoms with Crippen LogP contribution in [0.15, 0.2) is 16.9 Å². The van der Waals surface area contributed by atoms with Gasteiger partial charge in [-0.25, -0.2) is 0 Å². The number of nitrogens with zero attached hydrogens (tertiary/aromatic N) is 2. The zero-order valence-electron chi connectivity index (χ0n) is 13.2. The molecule has 1 aromatic heterocycles. The van der Waals surface area contributed by atoms with E-state index in [4.69, 9.17) is 4.74 Å². The van der Waals surface area contributed by atoms with Crippen LogP contribution >= 0.6 is 15.9 Å². The molecule has 0 saturated heterocycles. The third-order valence-corrected chi connectivity index (χ3v) is 3.82. The van der Waals surface area contributed by atoms with Gasteiger partial charge in [0.15, 0.2) is 0 Å². The SMILES string of the molecule is CCCNC(C)(CCCCn1cc(Br)cn1)C(=O)OCC. The molecule has 0 aromatic carbocycles. The zero-order chi connectivity index (χ0) is 15.7. The van der Waals surface area contributed by atoms with Crippen molar-refractivity contribution < 1.29 is 9.53 Å². The molecule has 0 bridgehead atoms. The van der Waals surface area contributed by atoms with E-state index in [1.54, 1.807) is 6.20 Å². The zero-order valence-corrected chi connectivity index (χ0v) is 14.8. The summed E-state index contributed by atoms with van der Waals surface area (Å²) >= 11 is 3.38. The van der Waals surface area contributed by atoms with Crippen molar-refractivity contribution in [2.75, 3.05) is 13.2 Å². The molecule has 1 aromatic rings. The Kier molecular flexibility index (Phi) is 7.96. The van der Waals surface area contributed by atoms with E-state index >= 15 is 0 Å². The quantitative estimate of drug-likeness (QED) is 0.515. The Balaban J connectivity index is 2.43. The summed E-state index contributed by atoms with van der Waals surface area (Å²) in [6.45, 7) is 7.97. The molecule has 0 amide bonds. The number of unbranched alkanes of at least 4 members (excludes halogenated alkanes) is 1. The van der Waals surface area contributed by atoms with Gasteiger partial charge < -0.3 is 10.1 Å². The van der Waals surface area contributed by atoms with Gasteiger partial charge in [-0.2, -0.15) is 5.10 Å². The van der Waals surface area contributed by atoms with E-state index < -0.39 is 5.54 Å². The molecule has 1 rings (SSSR count). The van der Waals surface area contributed by atoms with Crippen molar-refractivity contribution >= 4 is 21.9 Å². The van der Waals surface area contributed by atoms with E-state index in [9.17, 15) is 4.79 Å². The fraction of sp³-hybridized carbons (Fsp3) is 0.733. The Morgan fingerprint density at radius 2 is 2.24 bits per heavy atom. The summed E-state index contributed by atoms with van der Waals surface area (Å²) in [5.41, 5.74) is -0.587. The van der Waals surface area contributed by atoms with Crippen LogP contribution in [0.1, 0.15) is 46.5 Å². The van der Waals surface area contributed by atoms with Gasteiger partial charge in [-0.15, -0.1) is 0 Å². The van der Waals surface area contributed by atoms with Gasteiger partial charge in [0.25, 0.3) is 0 Å². The van der Waals surface area contributed by atoms with Crippen molar-refractivity contribution in [3.63, 3.8) is 0 Å². The average Bonchev–Trinajstić information content (AvgIpc) is 2.87. The first-order valence-corrected chi connectivity index (χ1v) is 8.41. The normalized spacial score (nSPS) is 13.9. The van der Waals surface area contributed by atoms with Gasteiger partial charge in [0.1, 0.15) is 5.54 Å². The Labute approximate surface area is 135 Å². The predicted molar refractivity (Wildman–Crippen MR) is 87.1 cm³/mol. The maximum absolute atomic E-state index is 12.1. The first-order valence-electron chi connectivity index (χ1n) is 7.62. The Bertz CT molecular complexity index is 436. The summed E-state index contributed by atoms with van der Waals surface area (Å²) in [5.74, 6) is -0.153. The molecule has 1 atom stereocenters. The second-order valence-corrected chi connectivity index (χ2v) is 6.27.